The van der Waals surface area contributed by atoms with E-state index in [1.54, 1.807) is 0 Å². The zero-order chi connectivity index (χ0) is 14.7. The third-order valence-electron chi connectivity index (χ3n) is 4.08. The molecular formula is C15H23Cl2N3. The molecule has 1 aliphatic rings. The Labute approximate surface area is 131 Å². The number of benzene rings is 1. The molecule has 1 saturated heterocycles. The Hall–Kier alpha value is -0.320. The molecule has 0 amide bonds. The van der Waals surface area contributed by atoms with Gasteiger partial charge < -0.3 is 15.5 Å². The van der Waals surface area contributed by atoms with Gasteiger partial charge >= 0.3 is 0 Å². The first-order chi connectivity index (χ1) is 9.47. The van der Waals surface area contributed by atoms with Crippen molar-refractivity contribution in [3.05, 3.63) is 33.8 Å². The highest BCUT2D eigenvalue weighted by Gasteiger charge is 2.24. The Morgan fingerprint density at radius 1 is 1.25 bits per heavy atom. The van der Waals surface area contributed by atoms with Crippen LogP contribution in [0, 0.1) is 0 Å². The van der Waals surface area contributed by atoms with Gasteiger partial charge in [-0.15, -0.1) is 0 Å². The first kappa shape index (κ1) is 16.1. The quantitative estimate of drug-likeness (QED) is 0.926. The molecule has 1 aliphatic heterocycles. The monoisotopic (exact) mass is 315 g/mol. The first-order valence-electron chi connectivity index (χ1n) is 7.04. The molecule has 0 bridgehead atoms. The van der Waals surface area contributed by atoms with Crippen LogP contribution in [0.3, 0.4) is 0 Å². The molecule has 0 aliphatic carbocycles. The molecule has 5 heteroatoms. The molecule has 2 atom stereocenters. The Balaban J connectivity index is 1.96. The van der Waals surface area contributed by atoms with Crippen LogP contribution in [0.5, 0.6) is 0 Å². The Kier molecular flexibility index (Phi) is 5.70. The molecule has 112 valence electrons. The molecule has 0 aromatic heterocycles. The topological polar surface area (TPSA) is 32.5 Å². The first-order valence-corrected chi connectivity index (χ1v) is 7.80. The molecule has 0 saturated carbocycles. The Morgan fingerprint density at radius 3 is 2.55 bits per heavy atom. The zero-order valence-corrected chi connectivity index (χ0v) is 13.7. The number of nitrogens with zero attached hydrogens (tertiary/aromatic N) is 2. The molecule has 1 heterocycles. The van der Waals surface area contributed by atoms with Gasteiger partial charge in [0.2, 0.25) is 0 Å². The van der Waals surface area contributed by atoms with Crippen LogP contribution in [-0.4, -0.2) is 55.6 Å². The highest BCUT2D eigenvalue weighted by Crippen LogP contribution is 2.26. The van der Waals surface area contributed by atoms with Crippen LogP contribution in [0.25, 0.3) is 0 Å². The lowest BCUT2D eigenvalue weighted by molar-refractivity contribution is 0.104. The number of piperazine rings is 1. The summed E-state index contributed by atoms with van der Waals surface area (Å²) < 4.78 is 0. The average molecular weight is 316 g/mol. The minimum atomic E-state index is 0.0753. The number of hydrogen-bond acceptors (Lipinski definition) is 3. The number of hydrogen-bond donors (Lipinski definition) is 1. The van der Waals surface area contributed by atoms with Crippen LogP contribution in [0.15, 0.2) is 18.2 Å². The third-order valence-corrected chi connectivity index (χ3v) is 4.79. The standard InChI is InChI=1S/C15H23Cl2N3/c1-19-6-7-20(2)12(10-19)8-11(18)9-13-14(16)4-3-5-15(13)17/h3-5,11-12H,6-10,18H2,1-2H3. The van der Waals surface area contributed by atoms with Gasteiger partial charge in [0.1, 0.15) is 0 Å². The predicted octanol–water partition coefficient (Wildman–Crippen LogP) is 2.50. The van der Waals surface area contributed by atoms with Gasteiger partial charge in [-0.1, -0.05) is 29.3 Å². The van der Waals surface area contributed by atoms with E-state index in [0.717, 1.165) is 38.0 Å². The van der Waals surface area contributed by atoms with Gasteiger partial charge in [-0.05, 0) is 44.6 Å². The summed E-state index contributed by atoms with van der Waals surface area (Å²) in [7, 11) is 4.34. The predicted molar refractivity (Wildman–Crippen MR) is 86.7 cm³/mol. The van der Waals surface area contributed by atoms with E-state index in [1.165, 1.54) is 0 Å². The summed E-state index contributed by atoms with van der Waals surface area (Å²) >= 11 is 12.4. The summed E-state index contributed by atoms with van der Waals surface area (Å²) in [5.41, 5.74) is 7.29. The summed E-state index contributed by atoms with van der Waals surface area (Å²) in [5, 5.41) is 1.42. The second-order valence-electron chi connectivity index (χ2n) is 5.80. The van der Waals surface area contributed by atoms with Crippen molar-refractivity contribution in [3.63, 3.8) is 0 Å². The van der Waals surface area contributed by atoms with Crippen molar-refractivity contribution in [2.24, 2.45) is 5.73 Å². The Bertz CT molecular complexity index is 432. The maximum atomic E-state index is 6.32. The summed E-state index contributed by atoms with van der Waals surface area (Å²) in [6.45, 7) is 3.29. The maximum Gasteiger partial charge on any atom is 0.0453 e. The van der Waals surface area contributed by atoms with Crippen LogP contribution in [0.1, 0.15) is 12.0 Å². The van der Waals surface area contributed by atoms with E-state index in [0.29, 0.717) is 16.1 Å². The van der Waals surface area contributed by atoms with Gasteiger partial charge in [0, 0.05) is 41.8 Å². The van der Waals surface area contributed by atoms with Crippen molar-refractivity contribution in [2.75, 3.05) is 33.7 Å². The summed E-state index contributed by atoms with van der Waals surface area (Å²) in [6, 6.07) is 6.19. The lowest BCUT2D eigenvalue weighted by atomic mass is 9.98. The number of rotatable bonds is 4. The fourth-order valence-electron chi connectivity index (χ4n) is 2.78. The van der Waals surface area contributed by atoms with Crippen molar-refractivity contribution in [1.29, 1.82) is 0 Å². The van der Waals surface area contributed by atoms with E-state index >= 15 is 0 Å². The Morgan fingerprint density at radius 2 is 1.90 bits per heavy atom. The van der Waals surface area contributed by atoms with E-state index in [9.17, 15) is 0 Å². The number of nitrogens with two attached hydrogens (primary N) is 1. The molecule has 2 unspecified atom stereocenters. The maximum absolute atomic E-state index is 6.32. The molecule has 0 spiro atoms. The van der Waals surface area contributed by atoms with Crippen molar-refractivity contribution in [2.45, 2.75) is 24.9 Å². The molecule has 20 heavy (non-hydrogen) atoms. The van der Waals surface area contributed by atoms with Gasteiger partial charge in [0.25, 0.3) is 0 Å². The number of likely N-dealkylation sites (N-methyl/N-ethyl adjacent to an activating group) is 2. The second-order valence-corrected chi connectivity index (χ2v) is 6.61. The van der Waals surface area contributed by atoms with Crippen LogP contribution < -0.4 is 5.73 Å². The minimum absolute atomic E-state index is 0.0753. The van der Waals surface area contributed by atoms with Crippen molar-refractivity contribution in [3.8, 4) is 0 Å². The molecule has 1 aromatic rings. The van der Waals surface area contributed by atoms with Gasteiger partial charge in [-0.2, -0.15) is 0 Å². The fraction of sp³-hybridized carbons (Fsp3) is 0.600. The van der Waals surface area contributed by atoms with E-state index in [4.69, 9.17) is 28.9 Å². The van der Waals surface area contributed by atoms with Gasteiger partial charge in [0.15, 0.2) is 0 Å². The van der Waals surface area contributed by atoms with E-state index in [2.05, 4.69) is 23.9 Å². The summed E-state index contributed by atoms with van der Waals surface area (Å²) in [6.07, 6.45) is 1.69. The summed E-state index contributed by atoms with van der Waals surface area (Å²) in [4.78, 5) is 4.76. The third kappa shape index (κ3) is 4.09. The van der Waals surface area contributed by atoms with Crippen LogP contribution in [0.4, 0.5) is 0 Å². The molecule has 2 N–H and O–H groups in total. The fourth-order valence-corrected chi connectivity index (χ4v) is 3.33. The van der Waals surface area contributed by atoms with Crippen molar-refractivity contribution < 1.29 is 0 Å². The SMILES string of the molecule is CN1CCN(C)C(CC(N)Cc2c(Cl)cccc2Cl)C1. The van der Waals surface area contributed by atoms with Crippen molar-refractivity contribution in [1.82, 2.24) is 9.80 Å². The van der Waals surface area contributed by atoms with E-state index in [-0.39, 0.29) is 6.04 Å². The smallest absolute Gasteiger partial charge is 0.0453 e. The second kappa shape index (κ2) is 7.10. The highest BCUT2D eigenvalue weighted by molar-refractivity contribution is 6.35. The molecule has 0 radical (unpaired) electrons. The molecule has 1 aromatic carbocycles. The van der Waals surface area contributed by atoms with E-state index in [1.807, 2.05) is 18.2 Å². The minimum Gasteiger partial charge on any atom is -0.327 e. The normalized spacial score (nSPS) is 22.9. The van der Waals surface area contributed by atoms with E-state index < -0.39 is 0 Å². The highest BCUT2D eigenvalue weighted by atomic mass is 35.5. The number of halogens is 2. The largest absolute Gasteiger partial charge is 0.327 e. The van der Waals surface area contributed by atoms with Crippen molar-refractivity contribution >= 4 is 23.2 Å². The molecule has 3 nitrogen and oxygen atoms in total. The zero-order valence-electron chi connectivity index (χ0n) is 12.1. The lowest BCUT2D eigenvalue weighted by Crippen LogP contribution is -2.51. The summed E-state index contributed by atoms with van der Waals surface area (Å²) in [5.74, 6) is 0. The molecule has 1 fully saturated rings. The van der Waals surface area contributed by atoms with Gasteiger partial charge in [0.05, 0.1) is 0 Å². The van der Waals surface area contributed by atoms with Crippen LogP contribution in [0.2, 0.25) is 10.0 Å². The molecular weight excluding hydrogens is 293 g/mol. The lowest BCUT2D eigenvalue weighted by Gasteiger charge is -2.38. The average Bonchev–Trinajstić information content (AvgIpc) is 2.38. The van der Waals surface area contributed by atoms with Crippen LogP contribution in [-0.2, 0) is 6.42 Å². The van der Waals surface area contributed by atoms with Crippen LogP contribution >= 0.6 is 23.2 Å². The van der Waals surface area contributed by atoms with Gasteiger partial charge in [-0.25, -0.2) is 0 Å². The van der Waals surface area contributed by atoms with Gasteiger partial charge in [-0.3, -0.25) is 0 Å². The molecule has 2 rings (SSSR count).